The molecule has 0 saturated carbocycles. The van der Waals surface area contributed by atoms with Crippen molar-refractivity contribution in [3.8, 4) is 0 Å². The molecule has 0 bridgehead atoms. The molecule has 29 heavy (non-hydrogen) atoms. The van der Waals surface area contributed by atoms with Gasteiger partial charge in [-0.3, -0.25) is 4.79 Å². The number of alkyl halides is 3. The molecular weight excluding hydrogens is 412 g/mol. The minimum absolute atomic E-state index is 0.0402. The van der Waals surface area contributed by atoms with E-state index >= 15 is 0 Å². The molecule has 0 radical (unpaired) electrons. The van der Waals surface area contributed by atoms with Crippen molar-refractivity contribution < 1.29 is 30.8 Å². The molecule has 1 aliphatic heterocycles. The molecule has 0 atom stereocenters. The minimum Gasteiger partial charge on any atom is -0.340 e. The Balaban J connectivity index is 1.61. The summed E-state index contributed by atoms with van der Waals surface area (Å²) in [7, 11) is -3.95. The Kier molecular flexibility index (Phi) is 5.95. The molecule has 0 aromatic heterocycles. The van der Waals surface area contributed by atoms with Crippen LogP contribution in [0.3, 0.4) is 0 Å². The summed E-state index contributed by atoms with van der Waals surface area (Å²) < 4.78 is 77.3. The van der Waals surface area contributed by atoms with Crippen molar-refractivity contribution in [2.45, 2.75) is 17.5 Å². The van der Waals surface area contributed by atoms with E-state index < -0.39 is 27.6 Å². The highest BCUT2D eigenvalue weighted by Crippen LogP contribution is 2.30. The van der Waals surface area contributed by atoms with E-state index in [-0.39, 0.29) is 43.4 Å². The fraction of sp³-hybridized carbons (Fsp3) is 0.316. The van der Waals surface area contributed by atoms with Crippen LogP contribution in [0, 0.1) is 5.82 Å². The molecule has 1 fully saturated rings. The number of nitrogens with zero attached hydrogens (tertiary/aromatic N) is 2. The molecule has 2 aromatic carbocycles. The largest absolute Gasteiger partial charge is 0.416 e. The molecule has 1 heterocycles. The van der Waals surface area contributed by atoms with Gasteiger partial charge < -0.3 is 4.90 Å². The molecule has 2 aromatic rings. The van der Waals surface area contributed by atoms with E-state index in [2.05, 4.69) is 0 Å². The number of halogens is 4. The first kappa shape index (κ1) is 21.3. The highest BCUT2D eigenvalue weighted by atomic mass is 32.2. The maximum absolute atomic E-state index is 12.9. The van der Waals surface area contributed by atoms with Gasteiger partial charge in [0, 0.05) is 26.2 Å². The van der Waals surface area contributed by atoms with E-state index in [1.54, 1.807) is 0 Å². The van der Waals surface area contributed by atoms with Gasteiger partial charge in [-0.05, 0) is 42.0 Å². The van der Waals surface area contributed by atoms with E-state index in [1.165, 1.54) is 29.2 Å². The number of carbonyl (C=O) groups excluding carboxylic acids is 1. The average Bonchev–Trinajstić information content (AvgIpc) is 2.69. The third-order valence-electron chi connectivity index (χ3n) is 4.68. The molecule has 10 heteroatoms. The van der Waals surface area contributed by atoms with Crippen LogP contribution in [-0.4, -0.2) is 49.7 Å². The van der Waals surface area contributed by atoms with Crippen LogP contribution in [0.5, 0.6) is 0 Å². The van der Waals surface area contributed by atoms with Crippen LogP contribution >= 0.6 is 0 Å². The zero-order valence-electron chi connectivity index (χ0n) is 15.2. The summed E-state index contributed by atoms with van der Waals surface area (Å²) in [5.41, 5.74) is -0.274. The second-order valence-corrected chi connectivity index (χ2v) is 8.55. The quantitative estimate of drug-likeness (QED) is 0.701. The molecular formula is C19H18F4N2O3S. The average molecular weight is 430 g/mol. The maximum Gasteiger partial charge on any atom is 0.416 e. The van der Waals surface area contributed by atoms with Crippen molar-refractivity contribution in [1.82, 2.24) is 9.21 Å². The number of hydrogen-bond acceptors (Lipinski definition) is 3. The normalized spacial score (nSPS) is 16.1. The SMILES string of the molecule is O=C(Cc1ccc(F)cc1)N1CCN(S(=O)(=O)c2ccc(C(F)(F)F)cc2)CC1. The summed E-state index contributed by atoms with van der Waals surface area (Å²) in [6.07, 6.45) is -4.47. The van der Waals surface area contributed by atoms with Crippen LogP contribution in [0.1, 0.15) is 11.1 Å². The maximum atomic E-state index is 12.9. The zero-order chi connectivity index (χ0) is 21.2. The zero-order valence-corrected chi connectivity index (χ0v) is 16.0. The van der Waals surface area contributed by atoms with Crippen LogP contribution in [0.15, 0.2) is 53.4 Å². The number of piperazine rings is 1. The Morgan fingerprint density at radius 2 is 1.45 bits per heavy atom. The first-order valence-corrected chi connectivity index (χ1v) is 10.2. The van der Waals surface area contributed by atoms with Crippen LogP contribution in [-0.2, 0) is 27.4 Å². The molecule has 0 aliphatic carbocycles. The summed E-state index contributed by atoms with van der Waals surface area (Å²) in [5, 5.41) is 0. The summed E-state index contributed by atoms with van der Waals surface area (Å²) in [5.74, 6) is -0.605. The van der Waals surface area contributed by atoms with Crippen LogP contribution in [0.2, 0.25) is 0 Å². The lowest BCUT2D eigenvalue weighted by Gasteiger charge is -2.34. The molecule has 5 nitrogen and oxygen atoms in total. The van der Waals surface area contributed by atoms with E-state index in [0.717, 1.165) is 28.6 Å². The fourth-order valence-corrected chi connectivity index (χ4v) is 4.45. The summed E-state index contributed by atoms with van der Waals surface area (Å²) in [4.78, 5) is 13.7. The molecule has 0 spiro atoms. The molecule has 1 aliphatic rings. The number of carbonyl (C=O) groups is 1. The van der Waals surface area contributed by atoms with Gasteiger partial charge in [-0.25, -0.2) is 12.8 Å². The van der Waals surface area contributed by atoms with Gasteiger partial charge in [0.05, 0.1) is 16.9 Å². The summed E-state index contributed by atoms with van der Waals surface area (Å²) in [6, 6.07) is 8.88. The lowest BCUT2D eigenvalue weighted by molar-refractivity contribution is -0.137. The van der Waals surface area contributed by atoms with E-state index in [1.807, 2.05) is 0 Å². The van der Waals surface area contributed by atoms with E-state index in [4.69, 9.17) is 0 Å². The lowest BCUT2D eigenvalue weighted by atomic mass is 10.1. The van der Waals surface area contributed by atoms with Crippen LogP contribution < -0.4 is 0 Å². The monoisotopic (exact) mass is 430 g/mol. The van der Waals surface area contributed by atoms with Gasteiger partial charge in [0.2, 0.25) is 15.9 Å². The summed E-state index contributed by atoms with van der Waals surface area (Å²) in [6.45, 7) is 0.414. The Bertz CT molecular complexity index is 966. The third-order valence-corrected chi connectivity index (χ3v) is 6.59. The van der Waals surface area contributed by atoms with Crippen LogP contribution in [0.25, 0.3) is 0 Å². The second-order valence-electron chi connectivity index (χ2n) is 6.61. The number of amides is 1. The number of benzene rings is 2. The standard InChI is InChI=1S/C19H18F4N2O3S/c20-16-5-1-14(2-6-16)13-18(26)24-9-11-25(12-10-24)29(27,28)17-7-3-15(4-8-17)19(21,22)23/h1-8H,9-13H2. The number of rotatable bonds is 4. The van der Waals surface area contributed by atoms with Crippen molar-refractivity contribution in [2.24, 2.45) is 0 Å². The van der Waals surface area contributed by atoms with Crippen molar-refractivity contribution in [2.75, 3.05) is 26.2 Å². The molecule has 156 valence electrons. The Morgan fingerprint density at radius 1 is 0.897 bits per heavy atom. The molecule has 0 unspecified atom stereocenters. The smallest absolute Gasteiger partial charge is 0.340 e. The highest BCUT2D eigenvalue weighted by Gasteiger charge is 2.33. The topological polar surface area (TPSA) is 57.7 Å². The molecule has 0 N–H and O–H groups in total. The summed E-state index contributed by atoms with van der Waals surface area (Å²) >= 11 is 0. The lowest BCUT2D eigenvalue weighted by Crippen LogP contribution is -2.50. The Labute approximate surface area is 165 Å². The van der Waals surface area contributed by atoms with Crippen molar-refractivity contribution in [3.63, 3.8) is 0 Å². The van der Waals surface area contributed by atoms with Gasteiger partial charge in [0.1, 0.15) is 5.82 Å². The Hall–Kier alpha value is -2.46. The first-order valence-electron chi connectivity index (χ1n) is 8.77. The van der Waals surface area contributed by atoms with Gasteiger partial charge in [0.25, 0.3) is 0 Å². The number of sulfonamides is 1. The highest BCUT2D eigenvalue weighted by molar-refractivity contribution is 7.89. The Morgan fingerprint density at radius 3 is 1.97 bits per heavy atom. The number of hydrogen-bond donors (Lipinski definition) is 0. The van der Waals surface area contributed by atoms with Gasteiger partial charge >= 0.3 is 6.18 Å². The predicted molar refractivity (Wildman–Crippen MR) is 96.9 cm³/mol. The van der Waals surface area contributed by atoms with Crippen molar-refractivity contribution >= 4 is 15.9 Å². The van der Waals surface area contributed by atoms with Crippen LogP contribution in [0.4, 0.5) is 17.6 Å². The fourth-order valence-electron chi connectivity index (χ4n) is 3.03. The van der Waals surface area contributed by atoms with E-state index in [9.17, 15) is 30.8 Å². The van der Waals surface area contributed by atoms with Gasteiger partial charge in [-0.15, -0.1) is 0 Å². The van der Waals surface area contributed by atoms with E-state index in [0.29, 0.717) is 5.56 Å². The molecule has 3 rings (SSSR count). The predicted octanol–water partition coefficient (Wildman–Crippen LogP) is 2.92. The first-order chi connectivity index (χ1) is 13.6. The molecule has 1 saturated heterocycles. The molecule has 1 amide bonds. The second kappa shape index (κ2) is 8.11. The van der Waals surface area contributed by atoms with Gasteiger partial charge in [-0.1, -0.05) is 12.1 Å². The third kappa shape index (κ3) is 4.94. The minimum atomic E-state index is -4.54. The van der Waals surface area contributed by atoms with Crippen molar-refractivity contribution in [1.29, 1.82) is 0 Å². The van der Waals surface area contributed by atoms with Gasteiger partial charge in [-0.2, -0.15) is 17.5 Å². The van der Waals surface area contributed by atoms with Gasteiger partial charge in [0.15, 0.2) is 0 Å². The van der Waals surface area contributed by atoms with Crippen molar-refractivity contribution in [3.05, 3.63) is 65.5 Å².